The summed E-state index contributed by atoms with van der Waals surface area (Å²) in [6.07, 6.45) is 0.566. The largest absolute Gasteiger partial charge is 0.469 e. The first kappa shape index (κ1) is 6.90. The van der Waals surface area contributed by atoms with Crippen LogP contribution in [0.4, 0.5) is 0 Å². The van der Waals surface area contributed by atoms with Crippen LogP contribution < -0.4 is 0 Å². The minimum atomic E-state index is -0.110. The Bertz CT molecular complexity index is 62.7. The molecule has 1 unspecified atom stereocenters. The van der Waals surface area contributed by atoms with E-state index in [1.165, 1.54) is 7.11 Å². The topological polar surface area (TPSA) is 26.3 Å². The highest BCUT2D eigenvalue weighted by Gasteiger charge is 1.92. The van der Waals surface area contributed by atoms with Crippen LogP contribution in [0.3, 0.4) is 0 Å². The summed E-state index contributed by atoms with van der Waals surface area (Å²) in [5.41, 5.74) is 0. The molecule has 3 heteroatoms. The van der Waals surface area contributed by atoms with Gasteiger partial charge in [-0.25, -0.2) is 0 Å². The molecule has 1 atom stereocenters. The zero-order valence-corrected chi connectivity index (χ0v) is 5.52. The van der Waals surface area contributed by atoms with Crippen molar-refractivity contribution < 1.29 is 9.53 Å². The van der Waals surface area contributed by atoms with Gasteiger partial charge in [-0.1, -0.05) is 0 Å². The second kappa shape index (κ2) is 4.07. The predicted octanol–water partition coefficient (Wildman–Crippen LogP) is 0.468. The highest BCUT2D eigenvalue weighted by molar-refractivity contribution is 7.38. The average molecular weight is 120 g/mol. The number of hydrogen-bond donors (Lipinski definition) is 0. The molecule has 0 rings (SSSR count). The van der Waals surface area contributed by atoms with E-state index < -0.39 is 0 Å². The molecule has 7 heavy (non-hydrogen) atoms. The van der Waals surface area contributed by atoms with Crippen LogP contribution in [-0.2, 0) is 9.53 Å². The van der Waals surface area contributed by atoms with Crippen molar-refractivity contribution in [3.8, 4) is 0 Å². The first-order valence-corrected chi connectivity index (χ1v) is 3.73. The summed E-state index contributed by atoms with van der Waals surface area (Å²) in [5.74, 6) is -0.110. The number of ether oxygens (including phenoxy) is 1. The number of carbonyl (C=O) groups is 1. The molecule has 0 heterocycles. The zero-order valence-electron chi connectivity index (χ0n) is 4.52. The second-order valence-corrected chi connectivity index (χ2v) is 2.17. The smallest absolute Gasteiger partial charge is 0.309 e. The van der Waals surface area contributed by atoms with Gasteiger partial charge in [-0.3, -0.25) is 4.79 Å². The highest BCUT2D eigenvalue weighted by atomic mass is 31.1. The van der Waals surface area contributed by atoms with Gasteiger partial charge < -0.3 is 4.74 Å². The van der Waals surface area contributed by atoms with Crippen LogP contribution in [0.1, 0.15) is 0 Å². The molecule has 0 aliphatic rings. The minimum Gasteiger partial charge on any atom is -0.469 e. The summed E-state index contributed by atoms with van der Waals surface area (Å²) >= 11 is 0. The SMILES string of the molecule is COC(=O)CPC. The van der Waals surface area contributed by atoms with Crippen LogP contribution in [-0.4, -0.2) is 25.9 Å². The van der Waals surface area contributed by atoms with Gasteiger partial charge in [-0.2, -0.15) is 0 Å². The van der Waals surface area contributed by atoms with Crippen molar-refractivity contribution in [3.63, 3.8) is 0 Å². The quantitative estimate of drug-likeness (QED) is 0.391. The van der Waals surface area contributed by atoms with Crippen molar-refractivity contribution in [1.29, 1.82) is 0 Å². The maximum atomic E-state index is 10.2. The third-order valence-electron chi connectivity index (χ3n) is 0.549. The van der Waals surface area contributed by atoms with Crippen molar-refractivity contribution in [3.05, 3.63) is 0 Å². The molecule has 0 spiro atoms. The average Bonchev–Trinajstić information content (AvgIpc) is 1.68. The van der Waals surface area contributed by atoms with E-state index in [9.17, 15) is 4.79 Å². The standard InChI is InChI=1S/C4H9O2P/c1-6-4(5)3-7-2/h7H,3H2,1-2H3. The van der Waals surface area contributed by atoms with E-state index >= 15 is 0 Å². The van der Waals surface area contributed by atoms with Gasteiger partial charge in [0.2, 0.25) is 0 Å². The molecule has 0 aromatic rings. The first-order valence-electron chi connectivity index (χ1n) is 2.02. The Balaban J connectivity index is 3.00. The Morgan fingerprint density at radius 2 is 2.43 bits per heavy atom. The molecule has 0 aliphatic carbocycles. The Morgan fingerprint density at radius 3 is 2.57 bits per heavy atom. The number of hydrogen-bond acceptors (Lipinski definition) is 2. The van der Waals surface area contributed by atoms with E-state index in [2.05, 4.69) is 4.74 Å². The Hall–Kier alpha value is -0.100. The molecule has 2 nitrogen and oxygen atoms in total. The monoisotopic (exact) mass is 120 g/mol. The van der Waals surface area contributed by atoms with Crippen LogP contribution in [0, 0.1) is 0 Å². The maximum absolute atomic E-state index is 10.2. The first-order chi connectivity index (χ1) is 3.31. The minimum absolute atomic E-state index is 0.110. The van der Waals surface area contributed by atoms with Crippen LogP contribution in [0.2, 0.25) is 0 Å². The third-order valence-corrected chi connectivity index (χ3v) is 1.19. The van der Waals surface area contributed by atoms with Gasteiger partial charge in [0, 0.05) is 0 Å². The summed E-state index contributed by atoms with van der Waals surface area (Å²) in [6.45, 7) is 1.97. The van der Waals surface area contributed by atoms with Crippen molar-refractivity contribution in [2.24, 2.45) is 0 Å². The molecule has 0 aliphatic heterocycles. The number of methoxy groups -OCH3 is 1. The third kappa shape index (κ3) is 3.74. The normalized spacial score (nSPS) is 10.0. The molecule has 0 fully saturated rings. The number of esters is 1. The Kier molecular flexibility index (Phi) is 4.01. The summed E-state index contributed by atoms with van der Waals surface area (Å²) in [5, 5.41) is 0. The predicted molar refractivity (Wildman–Crippen MR) is 31.1 cm³/mol. The van der Waals surface area contributed by atoms with Gasteiger partial charge in [-0.05, 0) is 6.66 Å². The van der Waals surface area contributed by atoms with E-state index in [1.54, 1.807) is 0 Å². The molecule has 0 radical (unpaired) electrons. The Labute approximate surface area is 45.0 Å². The van der Waals surface area contributed by atoms with Crippen molar-refractivity contribution >= 4 is 14.6 Å². The van der Waals surface area contributed by atoms with Crippen LogP contribution in [0.5, 0.6) is 0 Å². The van der Waals surface area contributed by atoms with Gasteiger partial charge in [-0.15, -0.1) is 8.58 Å². The molecule has 42 valence electrons. The fourth-order valence-electron chi connectivity index (χ4n) is 0.217. The second-order valence-electron chi connectivity index (χ2n) is 1.11. The lowest BCUT2D eigenvalue weighted by molar-refractivity contribution is -0.137. The van der Waals surface area contributed by atoms with Crippen molar-refractivity contribution in [1.82, 2.24) is 0 Å². The van der Waals surface area contributed by atoms with Crippen LogP contribution in [0.15, 0.2) is 0 Å². The lowest BCUT2D eigenvalue weighted by Crippen LogP contribution is -2.00. The molecule has 0 amide bonds. The summed E-state index contributed by atoms with van der Waals surface area (Å²) in [4.78, 5) is 10.2. The fraction of sp³-hybridized carbons (Fsp3) is 0.750. The summed E-state index contributed by atoms with van der Waals surface area (Å²) < 4.78 is 4.36. The molecule has 0 saturated heterocycles. The van der Waals surface area contributed by atoms with E-state index in [-0.39, 0.29) is 5.97 Å². The molecule has 0 aromatic heterocycles. The zero-order chi connectivity index (χ0) is 5.70. The highest BCUT2D eigenvalue weighted by Crippen LogP contribution is 1.99. The lowest BCUT2D eigenvalue weighted by atomic mass is 10.8. The van der Waals surface area contributed by atoms with Gasteiger partial charge in [0.1, 0.15) is 0 Å². The maximum Gasteiger partial charge on any atom is 0.309 e. The molecule has 0 N–H and O–H groups in total. The van der Waals surface area contributed by atoms with E-state index in [0.29, 0.717) is 14.7 Å². The lowest BCUT2D eigenvalue weighted by Gasteiger charge is -1.91. The molecular formula is C4H9O2P. The van der Waals surface area contributed by atoms with E-state index in [1.807, 2.05) is 6.66 Å². The van der Waals surface area contributed by atoms with Crippen LogP contribution >= 0.6 is 8.58 Å². The molecular weight excluding hydrogens is 111 g/mol. The number of carbonyl (C=O) groups excluding carboxylic acids is 1. The Morgan fingerprint density at radius 1 is 1.86 bits per heavy atom. The molecule has 0 aromatic carbocycles. The van der Waals surface area contributed by atoms with E-state index in [0.717, 1.165) is 0 Å². The van der Waals surface area contributed by atoms with E-state index in [4.69, 9.17) is 0 Å². The van der Waals surface area contributed by atoms with Crippen LogP contribution in [0.25, 0.3) is 0 Å². The molecule has 0 bridgehead atoms. The summed E-state index contributed by atoms with van der Waals surface area (Å²) in [6, 6.07) is 0. The van der Waals surface area contributed by atoms with Crippen molar-refractivity contribution in [2.45, 2.75) is 0 Å². The number of rotatable bonds is 2. The van der Waals surface area contributed by atoms with Gasteiger partial charge >= 0.3 is 5.97 Å². The van der Waals surface area contributed by atoms with Gasteiger partial charge in [0.05, 0.1) is 13.3 Å². The molecule has 0 saturated carbocycles. The van der Waals surface area contributed by atoms with Crippen molar-refractivity contribution in [2.75, 3.05) is 19.9 Å². The summed E-state index contributed by atoms with van der Waals surface area (Å²) in [7, 11) is 2.08. The fourth-order valence-corrected chi connectivity index (χ4v) is 0.650. The van der Waals surface area contributed by atoms with Gasteiger partial charge in [0.25, 0.3) is 0 Å². The van der Waals surface area contributed by atoms with Gasteiger partial charge in [0.15, 0.2) is 0 Å².